The molecule has 0 spiro atoms. The number of carboxylic acid groups (broad SMARTS) is 1. The summed E-state index contributed by atoms with van der Waals surface area (Å²) in [6.45, 7) is 0. The minimum absolute atomic E-state index is 0.191. The van der Waals surface area contributed by atoms with Crippen molar-refractivity contribution >= 4 is 28.6 Å². The van der Waals surface area contributed by atoms with Gasteiger partial charge in [0.1, 0.15) is 17.9 Å². The van der Waals surface area contributed by atoms with Gasteiger partial charge in [0.2, 0.25) is 5.88 Å². The summed E-state index contributed by atoms with van der Waals surface area (Å²) >= 11 is 6.17. The predicted octanol–water partition coefficient (Wildman–Crippen LogP) is 4.16. The highest BCUT2D eigenvalue weighted by Crippen LogP contribution is 2.39. The van der Waals surface area contributed by atoms with Crippen molar-refractivity contribution < 1.29 is 19.4 Å². The van der Waals surface area contributed by atoms with Gasteiger partial charge in [-0.15, -0.1) is 5.10 Å². The van der Waals surface area contributed by atoms with Crippen molar-refractivity contribution in [1.82, 2.24) is 9.78 Å². The SMILES string of the molecule is COc1nn(C(=O)O)c2ccc(OC3CCc4cc(C#N)c(Cl)cc43)cc12. The van der Waals surface area contributed by atoms with Gasteiger partial charge in [0.05, 0.1) is 28.6 Å². The van der Waals surface area contributed by atoms with E-state index >= 15 is 0 Å². The van der Waals surface area contributed by atoms with E-state index in [9.17, 15) is 9.90 Å². The molecule has 1 heterocycles. The summed E-state index contributed by atoms with van der Waals surface area (Å²) in [6.07, 6.45) is 0.186. The average Bonchev–Trinajstić information content (AvgIpc) is 3.22. The second kappa shape index (κ2) is 6.49. The van der Waals surface area contributed by atoms with E-state index in [0.717, 1.165) is 28.7 Å². The molecule has 0 saturated heterocycles. The van der Waals surface area contributed by atoms with Gasteiger partial charge in [-0.2, -0.15) is 9.94 Å². The second-order valence-electron chi connectivity index (χ2n) is 6.17. The van der Waals surface area contributed by atoms with Crippen LogP contribution in [-0.4, -0.2) is 28.1 Å². The van der Waals surface area contributed by atoms with Crippen molar-refractivity contribution in [3.05, 3.63) is 52.0 Å². The van der Waals surface area contributed by atoms with E-state index in [1.54, 1.807) is 24.3 Å². The zero-order valence-electron chi connectivity index (χ0n) is 14.3. The van der Waals surface area contributed by atoms with Crippen LogP contribution < -0.4 is 9.47 Å². The van der Waals surface area contributed by atoms with Gasteiger partial charge in [-0.05, 0) is 54.3 Å². The molecule has 0 radical (unpaired) electrons. The molecule has 1 unspecified atom stereocenters. The van der Waals surface area contributed by atoms with E-state index < -0.39 is 6.09 Å². The number of hydrogen-bond donors (Lipinski definition) is 1. The Labute approximate surface area is 159 Å². The number of aryl methyl sites for hydroxylation is 1. The fourth-order valence-electron chi connectivity index (χ4n) is 3.40. The number of ether oxygens (including phenoxy) is 2. The quantitative estimate of drug-likeness (QED) is 0.729. The van der Waals surface area contributed by atoms with E-state index in [4.69, 9.17) is 26.3 Å². The van der Waals surface area contributed by atoms with Gasteiger partial charge < -0.3 is 14.6 Å². The number of hydrogen-bond acceptors (Lipinski definition) is 5. The predicted molar refractivity (Wildman–Crippen MR) is 97.6 cm³/mol. The van der Waals surface area contributed by atoms with Crippen molar-refractivity contribution in [3.8, 4) is 17.7 Å². The highest BCUT2D eigenvalue weighted by atomic mass is 35.5. The smallest absolute Gasteiger partial charge is 0.432 e. The van der Waals surface area contributed by atoms with E-state index in [1.807, 2.05) is 6.07 Å². The summed E-state index contributed by atoms with van der Waals surface area (Å²) in [4.78, 5) is 11.3. The lowest BCUT2D eigenvalue weighted by Crippen LogP contribution is -2.09. The molecule has 7 nitrogen and oxygen atoms in total. The molecule has 1 atom stereocenters. The molecule has 27 heavy (non-hydrogen) atoms. The first-order valence-electron chi connectivity index (χ1n) is 8.21. The molecular weight excluding hydrogens is 370 g/mol. The Morgan fingerprint density at radius 3 is 2.93 bits per heavy atom. The van der Waals surface area contributed by atoms with Crippen molar-refractivity contribution in [1.29, 1.82) is 5.26 Å². The number of fused-ring (bicyclic) bond motifs is 2. The van der Waals surface area contributed by atoms with Gasteiger partial charge in [-0.1, -0.05) is 11.6 Å². The number of rotatable bonds is 3. The maximum atomic E-state index is 11.3. The average molecular weight is 384 g/mol. The van der Waals surface area contributed by atoms with Crippen LogP contribution in [0.15, 0.2) is 30.3 Å². The monoisotopic (exact) mass is 383 g/mol. The number of nitriles is 1. The third-order valence-corrected chi connectivity index (χ3v) is 4.96. The van der Waals surface area contributed by atoms with E-state index in [-0.39, 0.29) is 12.0 Å². The Kier molecular flexibility index (Phi) is 4.13. The fourth-order valence-corrected chi connectivity index (χ4v) is 3.62. The third-order valence-electron chi connectivity index (χ3n) is 4.64. The standard InChI is InChI=1S/C19H14ClN3O4/c1-26-18-14-7-12(3-4-16(14)23(22-18)19(24)25)27-17-5-2-10-6-11(9-21)15(20)8-13(10)17/h3-4,6-8,17H,2,5H2,1H3,(H,24,25). The van der Waals surface area contributed by atoms with Crippen molar-refractivity contribution in [2.45, 2.75) is 18.9 Å². The molecule has 2 aromatic carbocycles. The summed E-state index contributed by atoms with van der Waals surface area (Å²) in [6, 6.07) is 10.7. The molecule has 1 aliphatic carbocycles. The molecule has 4 rings (SSSR count). The fraction of sp³-hybridized carbons (Fsp3) is 0.211. The van der Waals surface area contributed by atoms with Crippen LogP contribution in [0.1, 0.15) is 29.2 Å². The largest absolute Gasteiger partial charge is 0.486 e. The first-order valence-corrected chi connectivity index (χ1v) is 8.58. The number of benzene rings is 2. The number of methoxy groups -OCH3 is 1. The number of halogens is 1. The second-order valence-corrected chi connectivity index (χ2v) is 6.58. The maximum Gasteiger partial charge on any atom is 0.432 e. The molecule has 1 N–H and O–H groups in total. The maximum absolute atomic E-state index is 11.3. The molecule has 0 bridgehead atoms. The number of nitrogens with zero attached hydrogens (tertiary/aromatic N) is 3. The van der Waals surface area contributed by atoms with Gasteiger partial charge in [-0.25, -0.2) is 4.79 Å². The van der Waals surface area contributed by atoms with Crippen LogP contribution in [0.5, 0.6) is 11.6 Å². The van der Waals surface area contributed by atoms with E-state index in [0.29, 0.717) is 27.2 Å². The summed E-state index contributed by atoms with van der Waals surface area (Å²) in [5.41, 5.74) is 2.90. The summed E-state index contributed by atoms with van der Waals surface area (Å²) in [5, 5.41) is 23.3. The van der Waals surface area contributed by atoms with Crippen LogP contribution in [0, 0.1) is 11.3 Å². The van der Waals surface area contributed by atoms with Crippen LogP contribution in [0.2, 0.25) is 5.02 Å². The van der Waals surface area contributed by atoms with Crippen molar-refractivity contribution in [2.24, 2.45) is 0 Å². The number of carbonyl (C=O) groups is 1. The third kappa shape index (κ3) is 2.84. The zero-order valence-corrected chi connectivity index (χ0v) is 15.0. The molecule has 1 aliphatic rings. The molecule has 0 amide bonds. The lowest BCUT2D eigenvalue weighted by atomic mass is 10.1. The van der Waals surface area contributed by atoms with Crippen LogP contribution >= 0.6 is 11.6 Å². The normalized spacial score (nSPS) is 15.4. The molecule has 0 saturated carbocycles. The zero-order chi connectivity index (χ0) is 19.1. The molecule has 0 fully saturated rings. The van der Waals surface area contributed by atoms with Gasteiger partial charge >= 0.3 is 6.09 Å². The van der Waals surface area contributed by atoms with Crippen LogP contribution in [0.25, 0.3) is 10.9 Å². The van der Waals surface area contributed by atoms with Crippen LogP contribution in [-0.2, 0) is 6.42 Å². The minimum atomic E-state index is -1.19. The summed E-state index contributed by atoms with van der Waals surface area (Å²) < 4.78 is 12.2. The minimum Gasteiger partial charge on any atom is -0.486 e. The number of aromatic nitrogens is 2. The van der Waals surface area contributed by atoms with E-state index in [2.05, 4.69) is 11.2 Å². The highest BCUT2D eigenvalue weighted by molar-refractivity contribution is 6.31. The lowest BCUT2D eigenvalue weighted by Gasteiger charge is -2.15. The Morgan fingerprint density at radius 1 is 1.41 bits per heavy atom. The van der Waals surface area contributed by atoms with Crippen molar-refractivity contribution in [3.63, 3.8) is 0 Å². The highest BCUT2D eigenvalue weighted by Gasteiger charge is 2.26. The van der Waals surface area contributed by atoms with Crippen molar-refractivity contribution in [2.75, 3.05) is 7.11 Å². The van der Waals surface area contributed by atoms with Gasteiger partial charge in [-0.3, -0.25) is 0 Å². The Hall–Kier alpha value is -3.24. The lowest BCUT2D eigenvalue weighted by molar-refractivity contribution is 0.193. The van der Waals surface area contributed by atoms with Gasteiger partial charge in [0, 0.05) is 0 Å². The summed E-state index contributed by atoms with van der Waals surface area (Å²) in [7, 11) is 1.43. The Balaban J connectivity index is 1.69. The van der Waals surface area contributed by atoms with Crippen LogP contribution in [0.4, 0.5) is 4.79 Å². The van der Waals surface area contributed by atoms with Crippen LogP contribution in [0.3, 0.4) is 0 Å². The first kappa shape index (κ1) is 17.2. The molecule has 0 aliphatic heterocycles. The molecule has 8 heteroatoms. The van der Waals surface area contributed by atoms with E-state index in [1.165, 1.54) is 7.11 Å². The topological polar surface area (TPSA) is 97.4 Å². The first-order chi connectivity index (χ1) is 13.0. The molecular formula is C19H14ClN3O4. The van der Waals surface area contributed by atoms with Gasteiger partial charge in [0.25, 0.3) is 0 Å². The van der Waals surface area contributed by atoms with Gasteiger partial charge in [0.15, 0.2) is 0 Å². The Morgan fingerprint density at radius 2 is 2.22 bits per heavy atom. The molecule has 1 aromatic heterocycles. The molecule has 3 aromatic rings. The Bertz CT molecular complexity index is 1120. The molecule has 136 valence electrons. The summed E-state index contributed by atoms with van der Waals surface area (Å²) in [5.74, 6) is 0.787.